The lowest BCUT2D eigenvalue weighted by Crippen LogP contribution is -2.13. The number of amides is 1. The van der Waals surface area contributed by atoms with E-state index in [9.17, 15) is 22.8 Å². The number of carbonyl (C=O) groups is 1. The molecular weight excluding hydrogens is 491 g/mol. The largest absolute Gasteiger partial charge is 0.463 e. The lowest BCUT2D eigenvalue weighted by atomic mass is 10.1. The maximum atomic E-state index is 13.5. The lowest BCUT2D eigenvalue weighted by Gasteiger charge is -2.13. The van der Waals surface area contributed by atoms with Crippen LogP contribution in [0.3, 0.4) is 0 Å². The summed E-state index contributed by atoms with van der Waals surface area (Å²) in [5, 5.41) is 2.93. The molecule has 3 heterocycles. The Morgan fingerprint density at radius 2 is 1.95 bits per heavy atom. The molecule has 9 nitrogen and oxygen atoms in total. The van der Waals surface area contributed by atoms with E-state index in [2.05, 4.69) is 20.3 Å². The Balaban J connectivity index is 1.43. The fourth-order valence-electron chi connectivity index (χ4n) is 3.73. The second-order valence-electron chi connectivity index (χ2n) is 8.22. The molecule has 37 heavy (non-hydrogen) atoms. The first-order chi connectivity index (χ1) is 17.5. The van der Waals surface area contributed by atoms with E-state index in [1.54, 1.807) is 32.2 Å². The van der Waals surface area contributed by atoms with Crippen LogP contribution in [0.4, 0.5) is 18.9 Å². The van der Waals surface area contributed by atoms with Crippen molar-refractivity contribution in [1.29, 1.82) is 0 Å². The second kappa shape index (κ2) is 8.97. The van der Waals surface area contributed by atoms with Crippen molar-refractivity contribution in [1.82, 2.24) is 19.5 Å². The monoisotopic (exact) mass is 509 g/mol. The number of hydrogen-bond acceptors (Lipinski definition) is 6. The van der Waals surface area contributed by atoms with E-state index >= 15 is 0 Å². The Morgan fingerprint density at radius 1 is 1.14 bits per heavy atom. The molecule has 0 fully saturated rings. The summed E-state index contributed by atoms with van der Waals surface area (Å²) < 4.78 is 53.1. The summed E-state index contributed by atoms with van der Waals surface area (Å²) in [4.78, 5) is 35.3. The maximum absolute atomic E-state index is 13.5. The van der Waals surface area contributed by atoms with E-state index in [1.165, 1.54) is 35.4 Å². The SMILES string of the molecule is Cc1cn(-c2cc(NC(=O)c3coc4cc(Oc5cc(=O)[nH]c(C)n5)ccc34)cc(C(F)(F)F)c2)cn1. The number of nitrogens with zero attached hydrogens (tertiary/aromatic N) is 3. The number of nitrogens with one attached hydrogen (secondary N) is 2. The highest BCUT2D eigenvalue weighted by Crippen LogP contribution is 2.34. The predicted molar refractivity (Wildman–Crippen MR) is 127 cm³/mol. The Hall–Kier alpha value is -4.87. The number of fused-ring (bicyclic) bond motifs is 1. The number of ether oxygens (including phenoxy) is 1. The van der Waals surface area contributed by atoms with E-state index in [4.69, 9.17) is 9.15 Å². The van der Waals surface area contributed by atoms with Gasteiger partial charge in [0.1, 0.15) is 23.4 Å². The van der Waals surface area contributed by atoms with Gasteiger partial charge in [0.15, 0.2) is 0 Å². The quantitative estimate of drug-likeness (QED) is 0.329. The molecule has 0 aliphatic carbocycles. The summed E-state index contributed by atoms with van der Waals surface area (Å²) in [5.41, 5.74) is -0.122. The van der Waals surface area contributed by atoms with Crippen LogP contribution in [0.1, 0.15) is 27.4 Å². The number of benzene rings is 2. The number of rotatable bonds is 5. The molecular formula is C25H18F3N5O4. The highest BCUT2D eigenvalue weighted by molar-refractivity contribution is 6.12. The smallest absolute Gasteiger partial charge is 0.416 e. The van der Waals surface area contributed by atoms with Crippen LogP contribution in [0.2, 0.25) is 0 Å². The van der Waals surface area contributed by atoms with E-state index in [0.717, 1.165) is 12.1 Å². The van der Waals surface area contributed by atoms with E-state index < -0.39 is 17.6 Å². The molecule has 0 aliphatic heterocycles. The third-order valence-electron chi connectivity index (χ3n) is 5.36. The van der Waals surface area contributed by atoms with Crippen molar-refractivity contribution in [2.75, 3.05) is 5.32 Å². The number of hydrogen-bond donors (Lipinski definition) is 2. The molecule has 0 saturated carbocycles. The van der Waals surface area contributed by atoms with Crippen LogP contribution in [-0.2, 0) is 6.18 Å². The summed E-state index contributed by atoms with van der Waals surface area (Å²) in [6.45, 7) is 3.32. The van der Waals surface area contributed by atoms with Crippen molar-refractivity contribution in [2.45, 2.75) is 20.0 Å². The van der Waals surface area contributed by atoms with Crippen molar-refractivity contribution in [3.8, 4) is 17.3 Å². The van der Waals surface area contributed by atoms with Gasteiger partial charge >= 0.3 is 6.18 Å². The Morgan fingerprint density at radius 3 is 2.65 bits per heavy atom. The van der Waals surface area contributed by atoms with E-state index in [1.807, 2.05) is 0 Å². The number of halogens is 3. The molecule has 0 bridgehead atoms. The van der Waals surface area contributed by atoms with Crippen LogP contribution in [0.15, 0.2) is 70.5 Å². The molecule has 5 rings (SSSR count). The number of furan rings is 1. The minimum Gasteiger partial charge on any atom is -0.463 e. The van der Waals surface area contributed by atoms with E-state index in [0.29, 0.717) is 28.2 Å². The Kier molecular flexibility index (Phi) is 5.78. The zero-order chi connectivity index (χ0) is 26.3. The molecule has 3 aromatic heterocycles. The maximum Gasteiger partial charge on any atom is 0.416 e. The predicted octanol–water partition coefficient (Wildman–Crippen LogP) is 5.38. The molecule has 2 N–H and O–H groups in total. The van der Waals surface area contributed by atoms with Crippen LogP contribution in [0.5, 0.6) is 11.6 Å². The normalized spacial score (nSPS) is 11.6. The molecule has 0 aliphatic rings. The number of aromatic nitrogens is 4. The summed E-state index contributed by atoms with van der Waals surface area (Å²) in [7, 11) is 0. The third-order valence-corrected chi connectivity index (χ3v) is 5.36. The van der Waals surface area contributed by atoms with Gasteiger partial charge in [-0.2, -0.15) is 13.2 Å². The van der Waals surface area contributed by atoms with Crippen molar-refractivity contribution in [3.63, 3.8) is 0 Å². The molecule has 0 radical (unpaired) electrons. The van der Waals surface area contributed by atoms with Crippen LogP contribution >= 0.6 is 0 Å². The van der Waals surface area contributed by atoms with Gasteiger partial charge in [-0.05, 0) is 44.2 Å². The average molecular weight is 509 g/mol. The Bertz CT molecular complexity index is 1700. The summed E-state index contributed by atoms with van der Waals surface area (Å²) in [5.74, 6) is 0.107. The molecule has 1 amide bonds. The van der Waals surface area contributed by atoms with Crippen molar-refractivity contribution in [2.24, 2.45) is 0 Å². The summed E-state index contributed by atoms with van der Waals surface area (Å²) >= 11 is 0. The number of alkyl halides is 3. The molecule has 0 atom stereocenters. The van der Waals surface area contributed by atoms with Gasteiger partial charge < -0.3 is 24.0 Å². The number of carbonyl (C=O) groups excluding carboxylic acids is 1. The van der Waals surface area contributed by atoms with Crippen molar-refractivity contribution < 1.29 is 27.1 Å². The molecule has 0 saturated heterocycles. The number of anilines is 1. The lowest BCUT2D eigenvalue weighted by molar-refractivity contribution is -0.137. The molecule has 5 aromatic rings. The fourth-order valence-corrected chi connectivity index (χ4v) is 3.73. The van der Waals surface area contributed by atoms with Crippen LogP contribution in [-0.4, -0.2) is 25.4 Å². The average Bonchev–Trinajstić information content (AvgIpc) is 3.43. The van der Waals surface area contributed by atoms with Gasteiger partial charge in [-0.1, -0.05) is 0 Å². The van der Waals surface area contributed by atoms with Gasteiger partial charge in [0.05, 0.1) is 29.2 Å². The van der Waals surface area contributed by atoms with Gasteiger partial charge in [0, 0.05) is 29.0 Å². The Labute approximate surface area is 206 Å². The van der Waals surface area contributed by atoms with Crippen LogP contribution < -0.4 is 15.6 Å². The summed E-state index contributed by atoms with van der Waals surface area (Å²) in [6, 6.07) is 9.06. The number of imidazole rings is 1. The minimum atomic E-state index is -4.62. The standard InChI is InChI=1S/C25H18F3N5O4/c1-13-10-33(12-29-13)17-6-15(25(26,27)28)5-16(7-17)32-24(35)20-11-36-21-8-18(3-4-19(20)21)37-23-9-22(34)30-14(2)31-23/h3-12H,1-2H3,(H,32,35)(H,30,31,34). The topological polar surface area (TPSA) is 115 Å². The first kappa shape index (κ1) is 23.9. The molecule has 188 valence electrons. The zero-order valence-electron chi connectivity index (χ0n) is 19.4. The second-order valence-corrected chi connectivity index (χ2v) is 8.22. The van der Waals surface area contributed by atoms with Crippen LogP contribution in [0, 0.1) is 13.8 Å². The molecule has 2 aromatic carbocycles. The molecule has 0 unspecified atom stereocenters. The van der Waals surface area contributed by atoms with Gasteiger partial charge in [-0.25, -0.2) is 9.97 Å². The highest BCUT2D eigenvalue weighted by Gasteiger charge is 2.31. The van der Waals surface area contributed by atoms with Gasteiger partial charge in [-0.15, -0.1) is 0 Å². The van der Waals surface area contributed by atoms with E-state index in [-0.39, 0.29) is 28.4 Å². The fraction of sp³-hybridized carbons (Fsp3) is 0.120. The highest BCUT2D eigenvalue weighted by atomic mass is 19.4. The zero-order valence-corrected chi connectivity index (χ0v) is 19.4. The van der Waals surface area contributed by atoms with Crippen molar-refractivity contribution in [3.05, 3.63) is 94.3 Å². The molecule has 12 heteroatoms. The number of aryl methyl sites for hydroxylation is 2. The molecule has 0 spiro atoms. The number of aromatic amines is 1. The third kappa shape index (κ3) is 5.08. The first-order valence-electron chi connectivity index (χ1n) is 10.9. The van der Waals surface area contributed by atoms with Gasteiger partial charge in [-0.3, -0.25) is 9.59 Å². The first-order valence-corrected chi connectivity index (χ1v) is 10.9. The van der Waals surface area contributed by atoms with Crippen LogP contribution in [0.25, 0.3) is 16.7 Å². The van der Waals surface area contributed by atoms with Crippen molar-refractivity contribution >= 4 is 22.6 Å². The summed E-state index contributed by atoms with van der Waals surface area (Å²) in [6.07, 6.45) is -0.456. The van der Waals surface area contributed by atoms with Gasteiger partial charge in [0.25, 0.3) is 11.5 Å². The minimum absolute atomic E-state index is 0.0498. The number of H-pyrrole nitrogens is 1. The van der Waals surface area contributed by atoms with Gasteiger partial charge in [0.2, 0.25) is 5.88 Å².